The zero-order valence-electron chi connectivity index (χ0n) is 13.3. The lowest BCUT2D eigenvalue weighted by molar-refractivity contribution is 0.0579. The van der Waals surface area contributed by atoms with E-state index in [1.807, 2.05) is 19.9 Å². The third kappa shape index (κ3) is 4.68. The van der Waals surface area contributed by atoms with Crippen molar-refractivity contribution < 1.29 is 9.53 Å². The fourth-order valence-corrected chi connectivity index (χ4v) is 2.32. The first-order chi connectivity index (χ1) is 10.1. The second-order valence-electron chi connectivity index (χ2n) is 5.02. The molecule has 0 aliphatic carbocycles. The Hall–Kier alpha value is -1.66. The SMILES string of the molecule is CCCc1cc(C(=O)N(CC)C(C)COC)cc(NN)n1. The standard InChI is InChI=1S/C15H26N4O2/c1-5-7-13-8-12(9-14(17-13)18-16)15(20)19(6-2)11(3)10-21-4/h8-9,11H,5-7,10,16H2,1-4H3,(H,17,18). The number of amides is 1. The summed E-state index contributed by atoms with van der Waals surface area (Å²) in [6, 6.07) is 3.54. The maximum atomic E-state index is 12.7. The Balaban J connectivity index is 3.06. The number of rotatable bonds is 8. The third-order valence-corrected chi connectivity index (χ3v) is 3.32. The number of likely N-dealkylation sites (N-methyl/N-ethyl adjacent to an activating group) is 1. The number of ether oxygens (including phenoxy) is 1. The quantitative estimate of drug-likeness (QED) is 0.564. The van der Waals surface area contributed by atoms with Gasteiger partial charge in [0, 0.05) is 24.9 Å². The summed E-state index contributed by atoms with van der Waals surface area (Å²) in [6.07, 6.45) is 1.78. The van der Waals surface area contributed by atoms with Crippen molar-refractivity contribution in [2.24, 2.45) is 5.84 Å². The van der Waals surface area contributed by atoms with Gasteiger partial charge in [0.25, 0.3) is 5.91 Å². The van der Waals surface area contributed by atoms with E-state index in [1.165, 1.54) is 0 Å². The highest BCUT2D eigenvalue weighted by atomic mass is 16.5. The van der Waals surface area contributed by atoms with E-state index in [9.17, 15) is 4.79 Å². The predicted molar refractivity (Wildman–Crippen MR) is 84.1 cm³/mol. The smallest absolute Gasteiger partial charge is 0.254 e. The zero-order valence-corrected chi connectivity index (χ0v) is 13.3. The van der Waals surface area contributed by atoms with Gasteiger partial charge < -0.3 is 15.1 Å². The van der Waals surface area contributed by atoms with Crippen LogP contribution in [0.3, 0.4) is 0 Å². The van der Waals surface area contributed by atoms with Crippen molar-refractivity contribution in [1.82, 2.24) is 9.88 Å². The molecule has 1 amide bonds. The number of aromatic nitrogens is 1. The van der Waals surface area contributed by atoms with Crippen molar-refractivity contribution in [2.75, 3.05) is 25.7 Å². The molecule has 6 nitrogen and oxygen atoms in total. The van der Waals surface area contributed by atoms with Gasteiger partial charge in [-0.2, -0.15) is 0 Å². The van der Waals surface area contributed by atoms with Gasteiger partial charge in [0.05, 0.1) is 12.6 Å². The number of nitrogens with two attached hydrogens (primary N) is 1. The summed E-state index contributed by atoms with van der Waals surface area (Å²) in [6.45, 7) is 7.14. The number of nitrogen functional groups attached to an aromatic ring is 1. The average Bonchev–Trinajstić information content (AvgIpc) is 2.48. The molecule has 1 rings (SSSR count). The molecular weight excluding hydrogens is 268 g/mol. The van der Waals surface area contributed by atoms with Gasteiger partial charge in [-0.1, -0.05) is 13.3 Å². The average molecular weight is 294 g/mol. The molecule has 6 heteroatoms. The molecule has 0 bridgehead atoms. The summed E-state index contributed by atoms with van der Waals surface area (Å²) in [7, 11) is 1.64. The minimum absolute atomic E-state index is 0.0181. The van der Waals surface area contributed by atoms with Crippen LogP contribution in [0.2, 0.25) is 0 Å². The molecule has 118 valence electrons. The van der Waals surface area contributed by atoms with Crippen LogP contribution in [0.15, 0.2) is 12.1 Å². The molecule has 1 atom stereocenters. The lowest BCUT2D eigenvalue weighted by Crippen LogP contribution is -2.41. The van der Waals surface area contributed by atoms with Gasteiger partial charge in [0.2, 0.25) is 0 Å². The van der Waals surface area contributed by atoms with Crippen molar-refractivity contribution in [2.45, 2.75) is 39.7 Å². The van der Waals surface area contributed by atoms with Crippen molar-refractivity contribution >= 4 is 11.7 Å². The van der Waals surface area contributed by atoms with Crippen LogP contribution in [-0.2, 0) is 11.2 Å². The van der Waals surface area contributed by atoms with E-state index in [2.05, 4.69) is 17.3 Å². The second-order valence-corrected chi connectivity index (χ2v) is 5.02. The number of anilines is 1. The molecule has 0 aliphatic heterocycles. The van der Waals surface area contributed by atoms with E-state index in [0.29, 0.717) is 24.5 Å². The van der Waals surface area contributed by atoms with E-state index >= 15 is 0 Å². The number of carbonyl (C=O) groups is 1. The lowest BCUT2D eigenvalue weighted by Gasteiger charge is -2.27. The molecule has 1 heterocycles. The van der Waals surface area contributed by atoms with Crippen LogP contribution in [0.1, 0.15) is 43.2 Å². The number of hydrogen-bond acceptors (Lipinski definition) is 5. The number of nitrogens with one attached hydrogen (secondary N) is 1. The number of hydrazine groups is 1. The number of hydrogen-bond donors (Lipinski definition) is 2. The summed E-state index contributed by atoms with van der Waals surface area (Å²) in [5.41, 5.74) is 4.00. The number of nitrogens with zero attached hydrogens (tertiary/aromatic N) is 2. The first kappa shape index (κ1) is 17.4. The monoisotopic (exact) mass is 294 g/mol. The second kappa shape index (κ2) is 8.59. The third-order valence-electron chi connectivity index (χ3n) is 3.32. The number of aryl methyl sites for hydroxylation is 1. The maximum Gasteiger partial charge on any atom is 0.254 e. The first-order valence-corrected chi connectivity index (χ1v) is 7.34. The molecule has 3 N–H and O–H groups in total. The topological polar surface area (TPSA) is 80.5 Å². The molecule has 0 fully saturated rings. The maximum absolute atomic E-state index is 12.7. The Morgan fingerprint density at radius 3 is 2.71 bits per heavy atom. The van der Waals surface area contributed by atoms with Crippen LogP contribution in [0.5, 0.6) is 0 Å². The molecule has 21 heavy (non-hydrogen) atoms. The molecule has 0 aliphatic rings. The van der Waals surface area contributed by atoms with Gasteiger partial charge in [-0.3, -0.25) is 4.79 Å². The van der Waals surface area contributed by atoms with E-state index in [0.717, 1.165) is 18.5 Å². The van der Waals surface area contributed by atoms with E-state index in [1.54, 1.807) is 18.1 Å². The van der Waals surface area contributed by atoms with Gasteiger partial charge in [-0.15, -0.1) is 0 Å². The van der Waals surface area contributed by atoms with Crippen LogP contribution < -0.4 is 11.3 Å². The van der Waals surface area contributed by atoms with Crippen LogP contribution in [0.4, 0.5) is 5.82 Å². The van der Waals surface area contributed by atoms with Gasteiger partial charge in [0.15, 0.2) is 0 Å². The largest absolute Gasteiger partial charge is 0.383 e. The Bertz CT molecular complexity index is 465. The number of carbonyl (C=O) groups excluding carboxylic acids is 1. The normalized spacial score (nSPS) is 12.0. The minimum Gasteiger partial charge on any atom is -0.383 e. The zero-order chi connectivity index (χ0) is 15.8. The Kier molecular flexibility index (Phi) is 7.11. The minimum atomic E-state index is -0.0293. The van der Waals surface area contributed by atoms with E-state index in [-0.39, 0.29) is 11.9 Å². The van der Waals surface area contributed by atoms with Gasteiger partial charge in [-0.05, 0) is 32.4 Å². The summed E-state index contributed by atoms with van der Waals surface area (Å²) < 4.78 is 5.14. The van der Waals surface area contributed by atoms with Gasteiger partial charge >= 0.3 is 0 Å². The first-order valence-electron chi connectivity index (χ1n) is 7.34. The van der Waals surface area contributed by atoms with Crippen LogP contribution in [0.25, 0.3) is 0 Å². The molecular formula is C15H26N4O2. The summed E-state index contributed by atoms with van der Waals surface area (Å²) in [5, 5.41) is 0. The van der Waals surface area contributed by atoms with E-state index in [4.69, 9.17) is 10.6 Å². The molecule has 0 saturated heterocycles. The highest BCUT2D eigenvalue weighted by molar-refractivity contribution is 5.95. The Labute approximate surface area is 126 Å². The Morgan fingerprint density at radius 1 is 1.48 bits per heavy atom. The molecule has 1 unspecified atom stereocenters. The highest BCUT2D eigenvalue weighted by Crippen LogP contribution is 2.15. The Morgan fingerprint density at radius 2 is 2.19 bits per heavy atom. The van der Waals surface area contributed by atoms with Crippen molar-refractivity contribution in [1.29, 1.82) is 0 Å². The van der Waals surface area contributed by atoms with E-state index < -0.39 is 0 Å². The summed E-state index contributed by atoms with van der Waals surface area (Å²) in [5.74, 6) is 5.93. The van der Waals surface area contributed by atoms with Crippen LogP contribution >= 0.6 is 0 Å². The number of methoxy groups -OCH3 is 1. The van der Waals surface area contributed by atoms with Gasteiger partial charge in [0.1, 0.15) is 5.82 Å². The molecule has 0 spiro atoms. The predicted octanol–water partition coefficient (Wildman–Crippen LogP) is 1.82. The molecule has 0 saturated carbocycles. The van der Waals surface area contributed by atoms with Crippen molar-refractivity contribution in [3.63, 3.8) is 0 Å². The molecule has 1 aromatic rings. The fraction of sp³-hybridized carbons (Fsp3) is 0.600. The highest BCUT2D eigenvalue weighted by Gasteiger charge is 2.21. The molecule has 0 radical (unpaired) electrons. The summed E-state index contributed by atoms with van der Waals surface area (Å²) >= 11 is 0. The van der Waals surface area contributed by atoms with Gasteiger partial charge in [-0.25, -0.2) is 10.8 Å². The summed E-state index contributed by atoms with van der Waals surface area (Å²) in [4.78, 5) is 18.8. The lowest BCUT2D eigenvalue weighted by atomic mass is 10.1. The van der Waals surface area contributed by atoms with Crippen LogP contribution in [-0.4, -0.2) is 42.1 Å². The molecule has 0 aromatic carbocycles. The molecule has 1 aromatic heterocycles. The van der Waals surface area contributed by atoms with Crippen molar-refractivity contribution in [3.05, 3.63) is 23.4 Å². The van der Waals surface area contributed by atoms with Crippen LogP contribution in [0, 0.1) is 0 Å². The number of pyridine rings is 1. The van der Waals surface area contributed by atoms with Crippen molar-refractivity contribution in [3.8, 4) is 0 Å². The fourth-order valence-electron chi connectivity index (χ4n) is 2.32.